The summed E-state index contributed by atoms with van der Waals surface area (Å²) in [7, 11) is 0. The van der Waals surface area contributed by atoms with Crippen molar-refractivity contribution in [2.45, 2.75) is 13.3 Å². The topological polar surface area (TPSA) is 86.5 Å². The van der Waals surface area contributed by atoms with Gasteiger partial charge in [-0.05, 0) is 6.07 Å². The molecule has 0 bridgehead atoms. The Balaban J connectivity index is 2.70. The molecule has 0 aliphatic carbocycles. The Bertz CT molecular complexity index is 507. The summed E-state index contributed by atoms with van der Waals surface area (Å²) >= 11 is 0. The molecular weight excluding hydrogens is 238 g/mol. The van der Waals surface area contributed by atoms with E-state index in [9.17, 15) is 19.7 Å². The molecule has 1 aromatic rings. The number of benzene rings is 1. The van der Waals surface area contributed by atoms with Gasteiger partial charge in [0.05, 0.1) is 16.9 Å². The number of carbonyl (C=O) groups is 2. The highest BCUT2D eigenvalue weighted by Gasteiger charge is 2.09. The molecule has 0 aliphatic heterocycles. The lowest BCUT2D eigenvalue weighted by atomic mass is 10.1. The van der Waals surface area contributed by atoms with Crippen LogP contribution in [-0.4, -0.2) is 16.9 Å². The van der Waals surface area contributed by atoms with Gasteiger partial charge in [0.15, 0.2) is 0 Å². The molecule has 0 atom stereocenters. The van der Waals surface area contributed by atoms with Crippen molar-refractivity contribution in [1.82, 2.24) is 0 Å². The van der Waals surface area contributed by atoms with Gasteiger partial charge in [-0.2, -0.15) is 0 Å². The van der Waals surface area contributed by atoms with Gasteiger partial charge in [-0.15, -0.1) is 0 Å². The molecule has 0 amide bonds. The predicted molar refractivity (Wildman–Crippen MR) is 63.5 cm³/mol. The number of carbonyl (C=O) groups excluding carboxylic acids is 2. The largest absolute Gasteiger partial charge is 0.393 e. The van der Waals surface area contributed by atoms with Crippen LogP contribution in [0.2, 0.25) is 0 Å². The van der Waals surface area contributed by atoms with Crippen molar-refractivity contribution in [3.63, 3.8) is 0 Å². The molecule has 0 heterocycles. The van der Waals surface area contributed by atoms with Gasteiger partial charge in [-0.3, -0.25) is 19.7 Å². The molecule has 0 saturated heterocycles. The average molecular weight is 249 g/mol. The molecule has 6 nitrogen and oxygen atoms in total. The van der Waals surface area contributed by atoms with E-state index in [2.05, 4.69) is 4.74 Å². The lowest BCUT2D eigenvalue weighted by Crippen LogP contribution is -2.07. The quantitative estimate of drug-likeness (QED) is 0.353. The van der Waals surface area contributed by atoms with Crippen molar-refractivity contribution in [2.75, 3.05) is 0 Å². The normalized spacial score (nSPS) is 10.3. The molecule has 0 unspecified atom stereocenters. The molecule has 0 saturated carbocycles. The van der Waals surface area contributed by atoms with Gasteiger partial charge >= 0.3 is 11.9 Å². The Kier molecular flexibility index (Phi) is 4.74. The zero-order valence-corrected chi connectivity index (χ0v) is 9.66. The van der Waals surface area contributed by atoms with Gasteiger partial charge in [-0.25, -0.2) is 0 Å². The summed E-state index contributed by atoms with van der Waals surface area (Å²) in [5, 5.41) is 10.7. The van der Waals surface area contributed by atoms with Crippen molar-refractivity contribution in [1.29, 1.82) is 0 Å². The molecule has 6 heteroatoms. The van der Waals surface area contributed by atoms with Crippen LogP contribution in [0, 0.1) is 10.1 Å². The summed E-state index contributed by atoms with van der Waals surface area (Å²) in [6.45, 7) is 1.13. The Morgan fingerprint density at radius 2 is 2.06 bits per heavy atom. The van der Waals surface area contributed by atoms with E-state index in [1.165, 1.54) is 18.2 Å². The standard InChI is InChI=1S/C12H11NO5/c1-9(14)18-12(15)8-4-6-10-5-2-3-7-11(10)13(16)17/h2-7H,8H2,1H3. The zero-order chi connectivity index (χ0) is 13.5. The number of hydrogen-bond donors (Lipinski definition) is 0. The highest BCUT2D eigenvalue weighted by Crippen LogP contribution is 2.19. The molecule has 1 rings (SSSR count). The summed E-state index contributed by atoms with van der Waals surface area (Å²) < 4.78 is 4.30. The highest BCUT2D eigenvalue weighted by molar-refractivity contribution is 5.85. The van der Waals surface area contributed by atoms with Gasteiger partial charge in [0.1, 0.15) is 0 Å². The van der Waals surface area contributed by atoms with Crippen LogP contribution < -0.4 is 0 Å². The van der Waals surface area contributed by atoms with Crippen LogP contribution in [0.5, 0.6) is 0 Å². The third-order valence-corrected chi connectivity index (χ3v) is 1.97. The molecule has 0 spiro atoms. The lowest BCUT2D eigenvalue weighted by molar-refractivity contribution is -0.385. The smallest absolute Gasteiger partial charge is 0.317 e. The third kappa shape index (κ3) is 4.17. The van der Waals surface area contributed by atoms with Crippen LogP contribution in [0.3, 0.4) is 0 Å². The Hall–Kier alpha value is -2.50. The second kappa shape index (κ2) is 6.29. The molecule has 18 heavy (non-hydrogen) atoms. The Morgan fingerprint density at radius 3 is 2.67 bits per heavy atom. The molecule has 0 fully saturated rings. The fraction of sp³-hybridized carbons (Fsp3) is 0.167. The SMILES string of the molecule is CC(=O)OC(=O)CC=Cc1ccccc1[N+](=O)[O-]. The maximum absolute atomic E-state index is 11.0. The molecular formula is C12H11NO5. The van der Waals surface area contributed by atoms with Crippen LogP contribution in [0.15, 0.2) is 30.3 Å². The Labute approximate surface area is 103 Å². The number of nitrogens with zero attached hydrogens (tertiary/aromatic N) is 1. The first-order chi connectivity index (χ1) is 8.50. The van der Waals surface area contributed by atoms with E-state index in [4.69, 9.17) is 0 Å². The molecule has 0 radical (unpaired) electrons. The lowest BCUT2D eigenvalue weighted by Gasteiger charge is -1.97. The second-order valence-corrected chi connectivity index (χ2v) is 3.39. The van der Waals surface area contributed by atoms with Crippen LogP contribution in [0.25, 0.3) is 6.08 Å². The first-order valence-electron chi connectivity index (χ1n) is 5.12. The van der Waals surface area contributed by atoms with Gasteiger partial charge in [0.2, 0.25) is 0 Å². The maximum atomic E-state index is 11.0. The fourth-order valence-corrected chi connectivity index (χ4v) is 1.28. The molecule has 1 aromatic carbocycles. The number of para-hydroxylation sites is 1. The number of hydrogen-bond acceptors (Lipinski definition) is 5. The van der Waals surface area contributed by atoms with Crippen molar-refractivity contribution in [3.05, 3.63) is 46.0 Å². The first kappa shape index (κ1) is 13.6. The van der Waals surface area contributed by atoms with Crippen molar-refractivity contribution in [2.24, 2.45) is 0 Å². The number of rotatable bonds is 4. The highest BCUT2D eigenvalue weighted by atomic mass is 16.6. The van der Waals surface area contributed by atoms with E-state index in [-0.39, 0.29) is 12.1 Å². The molecule has 0 aromatic heterocycles. The minimum atomic E-state index is -0.697. The Morgan fingerprint density at radius 1 is 1.39 bits per heavy atom. The summed E-state index contributed by atoms with van der Waals surface area (Å²) in [4.78, 5) is 31.7. The minimum Gasteiger partial charge on any atom is -0.393 e. The first-order valence-corrected chi connectivity index (χ1v) is 5.12. The summed E-state index contributed by atoms with van der Waals surface area (Å²) in [5.74, 6) is -1.38. The minimum absolute atomic E-state index is 0.0475. The van der Waals surface area contributed by atoms with Crippen molar-refractivity contribution < 1.29 is 19.2 Å². The maximum Gasteiger partial charge on any atom is 0.317 e. The van der Waals surface area contributed by atoms with E-state index >= 15 is 0 Å². The summed E-state index contributed by atoms with van der Waals surface area (Å²) in [6.07, 6.45) is 2.73. The van der Waals surface area contributed by atoms with Crippen LogP contribution in [-0.2, 0) is 14.3 Å². The number of nitro benzene ring substituents is 1. The van der Waals surface area contributed by atoms with Crippen LogP contribution >= 0.6 is 0 Å². The van der Waals surface area contributed by atoms with E-state index in [0.717, 1.165) is 6.92 Å². The van der Waals surface area contributed by atoms with E-state index in [0.29, 0.717) is 5.56 Å². The van der Waals surface area contributed by atoms with Gasteiger partial charge < -0.3 is 4.74 Å². The average Bonchev–Trinajstić information content (AvgIpc) is 2.28. The third-order valence-electron chi connectivity index (χ3n) is 1.97. The summed E-state index contributed by atoms with van der Waals surface area (Å²) in [6, 6.07) is 6.14. The number of nitro groups is 1. The number of ether oxygens (including phenoxy) is 1. The zero-order valence-electron chi connectivity index (χ0n) is 9.66. The monoisotopic (exact) mass is 249 g/mol. The van der Waals surface area contributed by atoms with E-state index in [1.54, 1.807) is 18.2 Å². The van der Waals surface area contributed by atoms with Crippen molar-refractivity contribution >= 4 is 23.7 Å². The molecule has 94 valence electrons. The van der Waals surface area contributed by atoms with Gasteiger partial charge in [0.25, 0.3) is 5.69 Å². The van der Waals surface area contributed by atoms with Gasteiger partial charge in [-0.1, -0.05) is 24.3 Å². The van der Waals surface area contributed by atoms with Crippen LogP contribution in [0.4, 0.5) is 5.69 Å². The van der Waals surface area contributed by atoms with Crippen LogP contribution in [0.1, 0.15) is 18.9 Å². The molecule has 0 aliphatic rings. The van der Waals surface area contributed by atoms with E-state index in [1.807, 2.05) is 0 Å². The van der Waals surface area contributed by atoms with Gasteiger partial charge in [0, 0.05) is 13.0 Å². The summed E-state index contributed by atoms with van der Waals surface area (Å²) in [5.41, 5.74) is 0.340. The molecule has 0 N–H and O–H groups in total. The van der Waals surface area contributed by atoms with E-state index < -0.39 is 16.9 Å². The second-order valence-electron chi connectivity index (χ2n) is 3.39. The van der Waals surface area contributed by atoms with Crippen molar-refractivity contribution in [3.8, 4) is 0 Å². The number of esters is 2. The fourth-order valence-electron chi connectivity index (χ4n) is 1.28. The predicted octanol–water partition coefficient (Wildman–Crippen LogP) is 2.09.